The Labute approximate surface area is 116 Å². The van der Waals surface area contributed by atoms with Crippen molar-refractivity contribution in [3.05, 3.63) is 0 Å². The van der Waals surface area contributed by atoms with Crippen LogP contribution in [0, 0.1) is 11.8 Å². The minimum atomic E-state index is 0.764. The number of piperidine rings is 1. The fourth-order valence-corrected chi connectivity index (χ4v) is 2.90. The van der Waals surface area contributed by atoms with Crippen molar-refractivity contribution in [1.82, 2.24) is 4.90 Å². The lowest BCUT2D eigenvalue weighted by atomic mass is 9.76. The van der Waals surface area contributed by atoms with Crippen LogP contribution >= 0.6 is 0 Å². The topological polar surface area (TPSA) is 3.24 Å². The first-order chi connectivity index (χ1) is 8.75. The normalized spacial score (nSPS) is 21.5. The molecule has 0 atom stereocenters. The summed E-state index contributed by atoms with van der Waals surface area (Å²) in [4.78, 5) is 2.64. The van der Waals surface area contributed by atoms with Crippen molar-refractivity contribution in [1.29, 1.82) is 0 Å². The molecule has 1 heteroatoms. The summed E-state index contributed by atoms with van der Waals surface area (Å²) in [7, 11) is 0. The molecule has 18 heavy (non-hydrogen) atoms. The summed E-state index contributed by atoms with van der Waals surface area (Å²) >= 11 is 0. The first kappa shape index (κ1) is 18.0. The minimum absolute atomic E-state index is 0.764. The predicted octanol–water partition coefficient (Wildman–Crippen LogP) is 5.35. The highest BCUT2D eigenvalue weighted by molar-refractivity contribution is 4.79. The van der Waals surface area contributed by atoms with Crippen molar-refractivity contribution < 1.29 is 0 Å². The number of hydrogen-bond acceptors (Lipinski definition) is 1. The summed E-state index contributed by atoms with van der Waals surface area (Å²) < 4.78 is 0. The monoisotopic (exact) mass is 255 g/mol. The van der Waals surface area contributed by atoms with Gasteiger partial charge < -0.3 is 4.90 Å². The zero-order valence-corrected chi connectivity index (χ0v) is 13.8. The molecule has 2 aliphatic rings. The van der Waals surface area contributed by atoms with E-state index in [4.69, 9.17) is 0 Å². The van der Waals surface area contributed by atoms with Gasteiger partial charge >= 0.3 is 0 Å². The SMILES string of the molecule is CC.CC.CC(C)N1CCC(CC2CCC2)CC1. The Morgan fingerprint density at radius 3 is 1.61 bits per heavy atom. The predicted molar refractivity (Wildman–Crippen MR) is 84.1 cm³/mol. The molecule has 0 aromatic carbocycles. The molecule has 0 aromatic heterocycles. The van der Waals surface area contributed by atoms with Crippen LogP contribution in [0.25, 0.3) is 0 Å². The van der Waals surface area contributed by atoms with E-state index in [0.29, 0.717) is 0 Å². The second-order valence-corrected chi connectivity index (χ2v) is 5.61. The maximum Gasteiger partial charge on any atom is 0.00385 e. The summed E-state index contributed by atoms with van der Waals surface area (Å²) in [5.74, 6) is 2.18. The van der Waals surface area contributed by atoms with E-state index in [-0.39, 0.29) is 0 Å². The van der Waals surface area contributed by atoms with Crippen LogP contribution in [0.1, 0.15) is 80.1 Å². The number of nitrogens with zero attached hydrogens (tertiary/aromatic N) is 1. The second kappa shape index (κ2) is 10.8. The van der Waals surface area contributed by atoms with Gasteiger partial charge in [-0.05, 0) is 58.0 Å². The zero-order chi connectivity index (χ0) is 14.0. The summed E-state index contributed by atoms with van der Waals surface area (Å²) in [6.45, 7) is 15.4. The first-order valence-electron chi connectivity index (χ1n) is 8.49. The summed E-state index contributed by atoms with van der Waals surface area (Å²) in [5.41, 5.74) is 0. The van der Waals surface area contributed by atoms with E-state index in [1.54, 1.807) is 6.42 Å². The van der Waals surface area contributed by atoms with E-state index in [9.17, 15) is 0 Å². The van der Waals surface area contributed by atoms with Crippen LogP contribution in [-0.4, -0.2) is 24.0 Å². The molecule has 0 unspecified atom stereocenters. The molecule has 1 aliphatic heterocycles. The minimum Gasteiger partial charge on any atom is -0.301 e. The molecule has 0 bridgehead atoms. The lowest BCUT2D eigenvalue weighted by Crippen LogP contribution is -2.39. The number of likely N-dealkylation sites (tertiary alicyclic amines) is 1. The van der Waals surface area contributed by atoms with Crippen molar-refractivity contribution in [3.63, 3.8) is 0 Å². The first-order valence-corrected chi connectivity index (χ1v) is 8.49. The van der Waals surface area contributed by atoms with E-state index in [2.05, 4.69) is 18.7 Å². The van der Waals surface area contributed by atoms with Gasteiger partial charge in [0.2, 0.25) is 0 Å². The fourth-order valence-electron chi connectivity index (χ4n) is 2.90. The van der Waals surface area contributed by atoms with Gasteiger partial charge in [-0.15, -0.1) is 0 Å². The van der Waals surface area contributed by atoms with Crippen LogP contribution in [0.2, 0.25) is 0 Å². The van der Waals surface area contributed by atoms with Crippen molar-refractivity contribution >= 4 is 0 Å². The zero-order valence-electron chi connectivity index (χ0n) is 13.8. The molecule has 1 heterocycles. The van der Waals surface area contributed by atoms with Crippen LogP contribution < -0.4 is 0 Å². The molecular formula is C17H37N. The highest BCUT2D eigenvalue weighted by Crippen LogP contribution is 2.35. The van der Waals surface area contributed by atoms with Crippen LogP contribution in [0.4, 0.5) is 0 Å². The molecule has 0 N–H and O–H groups in total. The Bertz CT molecular complexity index is 164. The molecule has 2 rings (SSSR count). The Morgan fingerprint density at radius 1 is 0.833 bits per heavy atom. The van der Waals surface area contributed by atoms with Gasteiger partial charge in [0.1, 0.15) is 0 Å². The smallest absolute Gasteiger partial charge is 0.00385 e. The van der Waals surface area contributed by atoms with Gasteiger partial charge in [-0.3, -0.25) is 0 Å². The van der Waals surface area contributed by atoms with Crippen LogP contribution in [0.3, 0.4) is 0 Å². The lowest BCUT2D eigenvalue weighted by Gasteiger charge is -2.37. The molecule has 0 spiro atoms. The van der Waals surface area contributed by atoms with Crippen LogP contribution in [0.5, 0.6) is 0 Å². The molecule has 0 amide bonds. The van der Waals surface area contributed by atoms with Crippen LogP contribution in [0.15, 0.2) is 0 Å². The summed E-state index contributed by atoms with van der Waals surface area (Å²) in [6, 6.07) is 0.764. The molecule has 1 saturated heterocycles. The maximum absolute atomic E-state index is 2.64. The summed E-state index contributed by atoms with van der Waals surface area (Å²) in [5, 5.41) is 0. The van der Waals surface area contributed by atoms with Gasteiger partial charge in [-0.2, -0.15) is 0 Å². The standard InChI is InChI=1S/C13H25N.2C2H6/c1-11(2)14-8-6-13(7-9-14)10-12-4-3-5-12;2*1-2/h11-13H,3-10H2,1-2H3;2*1-2H3. The van der Waals surface area contributed by atoms with Gasteiger partial charge in [-0.1, -0.05) is 47.0 Å². The van der Waals surface area contributed by atoms with E-state index < -0.39 is 0 Å². The highest BCUT2D eigenvalue weighted by Gasteiger charge is 2.25. The van der Waals surface area contributed by atoms with Crippen molar-refractivity contribution in [2.45, 2.75) is 86.1 Å². The third-order valence-corrected chi connectivity index (χ3v) is 4.27. The van der Waals surface area contributed by atoms with Gasteiger partial charge in [0.25, 0.3) is 0 Å². The third kappa shape index (κ3) is 6.22. The quantitative estimate of drug-likeness (QED) is 0.657. The number of hydrogen-bond donors (Lipinski definition) is 0. The average molecular weight is 255 g/mol. The van der Waals surface area contributed by atoms with Crippen LogP contribution in [-0.2, 0) is 0 Å². The summed E-state index contributed by atoms with van der Waals surface area (Å²) in [6.07, 6.45) is 9.06. The molecule has 110 valence electrons. The largest absolute Gasteiger partial charge is 0.301 e. The Kier molecular flexibility index (Phi) is 10.8. The Hall–Kier alpha value is -0.0400. The van der Waals surface area contributed by atoms with E-state index in [1.807, 2.05) is 27.7 Å². The van der Waals surface area contributed by atoms with E-state index >= 15 is 0 Å². The highest BCUT2D eigenvalue weighted by atomic mass is 15.1. The average Bonchev–Trinajstić information content (AvgIpc) is 2.39. The molecular weight excluding hydrogens is 218 g/mol. The second-order valence-electron chi connectivity index (χ2n) is 5.61. The third-order valence-electron chi connectivity index (χ3n) is 4.27. The van der Waals surface area contributed by atoms with Crippen molar-refractivity contribution in [3.8, 4) is 0 Å². The Morgan fingerprint density at radius 2 is 1.28 bits per heavy atom. The van der Waals surface area contributed by atoms with E-state index in [0.717, 1.165) is 17.9 Å². The molecule has 0 aromatic rings. The lowest BCUT2D eigenvalue weighted by molar-refractivity contribution is 0.124. The maximum atomic E-state index is 2.64. The number of rotatable bonds is 3. The van der Waals surface area contributed by atoms with Gasteiger partial charge in [0.15, 0.2) is 0 Å². The molecule has 0 radical (unpaired) electrons. The molecule has 2 fully saturated rings. The van der Waals surface area contributed by atoms with Gasteiger partial charge in [-0.25, -0.2) is 0 Å². The van der Waals surface area contributed by atoms with E-state index in [1.165, 1.54) is 45.2 Å². The fraction of sp³-hybridized carbons (Fsp3) is 1.00. The Balaban J connectivity index is 0.000000659. The van der Waals surface area contributed by atoms with Gasteiger partial charge in [0, 0.05) is 6.04 Å². The molecule has 1 saturated carbocycles. The van der Waals surface area contributed by atoms with Crippen molar-refractivity contribution in [2.24, 2.45) is 11.8 Å². The van der Waals surface area contributed by atoms with Crippen molar-refractivity contribution in [2.75, 3.05) is 13.1 Å². The van der Waals surface area contributed by atoms with Gasteiger partial charge in [0.05, 0.1) is 0 Å². The molecule has 1 aliphatic carbocycles. The molecule has 1 nitrogen and oxygen atoms in total.